The van der Waals surface area contributed by atoms with Crippen LogP contribution in [0, 0.1) is 6.92 Å². The van der Waals surface area contributed by atoms with Crippen LogP contribution in [0.15, 0.2) is 48.5 Å². The van der Waals surface area contributed by atoms with Gasteiger partial charge in [0.1, 0.15) is 0 Å². The van der Waals surface area contributed by atoms with Crippen LogP contribution in [0.2, 0.25) is 0 Å². The molecule has 0 atom stereocenters. The Kier molecular flexibility index (Phi) is 5.46. The number of thioether (sulfide) groups is 2. The molecule has 2 aliphatic heterocycles. The Hall–Kier alpha value is -1.59. The molecule has 0 spiro atoms. The van der Waals surface area contributed by atoms with E-state index >= 15 is 0 Å². The summed E-state index contributed by atoms with van der Waals surface area (Å²) < 4.78 is 0.539. The average Bonchev–Trinajstić information content (AvgIpc) is 3.23. The molecule has 2 aromatic rings. The Morgan fingerprint density at radius 2 is 1.58 bits per heavy atom. The first kappa shape index (κ1) is 17.8. The van der Waals surface area contributed by atoms with Crippen molar-refractivity contribution in [3.63, 3.8) is 0 Å². The number of para-hydroxylation sites is 1. The minimum atomic E-state index is 0.160. The third-order valence-corrected chi connectivity index (χ3v) is 8.18. The number of carbonyl (C=O) groups excluding carboxylic acids is 1. The van der Waals surface area contributed by atoms with Gasteiger partial charge in [-0.15, -0.1) is 23.5 Å². The number of amides is 1. The number of hydrogen-bond donors (Lipinski definition) is 0. The van der Waals surface area contributed by atoms with E-state index in [0.717, 1.165) is 31.7 Å². The molecule has 1 amide bonds. The smallest absolute Gasteiger partial charge is 0.253 e. The number of rotatable bonds is 3. The third-order valence-electron chi connectivity index (χ3n) is 5.07. The van der Waals surface area contributed by atoms with Gasteiger partial charge in [-0.2, -0.15) is 0 Å². The summed E-state index contributed by atoms with van der Waals surface area (Å²) in [5.74, 6) is 2.61. The molecule has 3 nitrogen and oxygen atoms in total. The summed E-state index contributed by atoms with van der Waals surface area (Å²) in [5.41, 5.74) is 4.73. The predicted octanol–water partition coefficient (Wildman–Crippen LogP) is 4.44. The van der Waals surface area contributed by atoms with Crippen LogP contribution in [0.4, 0.5) is 5.69 Å². The molecule has 26 heavy (non-hydrogen) atoms. The molecule has 0 radical (unpaired) electrons. The zero-order valence-corrected chi connectivity index (χ0v) is 16.7. The maximum Gasteiger partial charge on any atom is 0.253 e. The second-order valence-corrected chi connectivity index (χ2v) is 9.49. The molecule has 0 N–H and O–H groups in total. The maximum atomic E-state index is 12.8. The molecule has 136 valence electrons. The van der Waals surface area contributed by atoms with E-state index in [1.165, 1.54) is 28.3 Å². The standard InChI is InChI=1S/C21H24N2OS2/c1-16-4-2-3-5-19(16)22-10-12-23(13-11-22)20(24)17-6-8-18(9-7-17)21-25-14-15-26-21/h2-9,21H,10-15H2,1H3. The molecule has 0 saturated carbocycles. The predicted molar refractivity (Wildman–Crippen MR) is 113 cm³/mol. The highest BCUT2D eigenvalue weighted by Crippen LogP contribution is 2.45. The Labute approximate surface area is 164 Å². The SMILES string of the molecule is Cc1ccccc1N1CCN(C(=O)c2ccc(C3SCCS3)cc2)CC1. The molecular weight excluding hydrogens is 360 g/mol. The highest BCUT2D eigenvalue weighted by atomic mass is 32.2. The van der Waals surface area contributed by atoms with Crippen molar-refractivity contribution in [2.75, 3.05) is 42.6 Å². The van der Waals surface area contributed by atoms with E-state index < -0.39 is 0 Å². The van der Waals surface area contributed by atoms with Crippen molar-refractivity contribution in [3.05, 3.63) is 65.2 Å². The quantitative estimate of drug-likeness (QED) is 0.781. The number of benzene rings is 2. The van der Waals surface area contributed by atoms with Crippen LogP contribution >= 0.6 is 23.5 Å². The van der Waals surface area contributed by atoms with E-state index in [-0.39, 0.29) is 5.91 Å². The summed E-state index contributed by atoms with van der Waals surface area (Å²) in [6.07, 6.45) is 0. The molecule has 5 heteroatoms. The van der Waals surface area contributed by atoms with E-state index in [1.54, 1.807) is 0 Å². The lowest BCUT2D eigenvalue weighted by atomic mass is 10.1. The summed E-state index contributed by atoms with van der Waals surface area (Å²) in [7, 11) is 0. The fourth-order valence-electron chi connectivity index (χ4n) is 3.58. The minimum Gasteiger partial charge on any atom is -0.368 e. The lowest BCUT2D eigenvalue weighted by Gasteiger charge is -2.36. The fourth-order valence-corrected chi connectivity index (χ4v) is 6.44. The molecule has 0 aromatic heterocycles. The molecule has 4 rings (SSSR count). The summed E-state index contributed by atoms with van der Waals surface area (Å²) in [6, 6.07) is 16.8. The molecule has 0 unspecified atom stereocenters. The van der Waals surface area contributed by atoms with Gasteiger partial charge >= 0.3 is 0 Å². The normalized spacial score (nSPS) is 18.3. The van der Waals surface area contributed by atoms with E-state index in [2.05, 4.69) is 48.2 Å². The van der Waals surface area contributed by atoms with Gasteiger partial charge < -0.3 is 9.80 Å². The van der Waals surface area contributed by atoms with Gasteiger partial charge in [-0.25, -0.2) is 0 Å². The number of anilines is 1. The van der Waals surface area contributed by atoms with Crippen LogP contribution < -0.4 is 4.90 Å². The van der Waals surface area contributed by atoms with Gasteiger partial charge in [0.15, 0.2) is 0 Å². The van der Waals surface area contributed by atoms with E-state index in [1.807, 2.05) is 40.6 Å². The lowest BCUT2D eigenvalue weighted by Crippen LogP contribution is -2.49. The topological polar surface area (TPSA) is 23.6 Å². The van der Waals surface area contributed by atoms with Gasteiger partial charge in [0.2, 0.25) is 0 Å². The zero-order chi connectivity index (χ0) is 17.9. The Bertz CT molecular complexity index is 764. The minimum absolute atomic E-state index is 0.160. The van der Waals surface area contributed by atoms with Crippen molar-refractivity contribution >= 4 is 35.1 Å². The van der Waals surface area contributed by atoms with Crippen molar-refractivity contribution in [3.8, 4) is 0 Å². The molecular formula is C21H24N2OS2. The van der Waals surface area contributed by atoms with E-state index in [9.17, 15) is 4.79 Å². The molecule has 2 fully saturated rings. The summed E-state index contributed by atoms with van der Waals surface area (Å²) in [5, 5.41) is 0. The Balaban J connectivity index is 1.38. The zero-order valence-electron chi connectivity index (χ0n) is 15.1. The number of nitrogens with zero attached hydrogens (tertiary/aromatic N) is 2. The largest absolute Gasteiger partial charge is 0.368 e. The Morgan fingerprint density at radius 3 is 2.23 bits per heavy atom. The first-order chi connectivity index (χ1) is 12.7. The number of piperazine rings is 1. The van der Waals surface area contributed by atoms with Crippen LogP contribution in [0.5, 0.6) is 0 Å². The van der Waals surface area contributed by atoms with Gasteiger partial charge in [-0.3, -0.25) is 4.79 Å². The third kappa shape index (κ3) is 3.74. The van der Waals surface area contributed by atoms with Crippen molar-refractivity contribution in [1.82, 2.24) is 4.90 Å². The van der Waals surface area contributed by atoms with Crippen molar-refractivity contribution < 1.29 is 4.79 Å². The first-order valence-electron chi connectivity index (χ1n) is 9.15. The fraction of sp³-hybridized carbons (Fsp3) is 0.381. The van der Waals surface area contributed by atoms with Crippen LogP contribution in [-0.2, 0) is 0 Å². The highest BCUT2D eigenvalue weighted by molar-refractivity contribution is 8.19. The van der Waals surface area contributed by atoms with Crippen molar-refractivity contribution in [2.24, 2.45) is 0 Å². The average molecular weight is 385 g/mol. The lowest BCUT2D eigenvalue weighted by molar-refractivity contribution is 0.0747. The maximum absolute atomic E-state index is 12.8. The first-order valence-corrected chi connectivity index (χ1v) is 11.2. The van der Waals surface area contributed by atoms with Gasteiger partial charge in [-0.1, -0.05) is 30.3 Å². The second-order valence-electron chi connectivity index (χ2n) is 6.76. The molecule has 2 aliphatic rings. The summed E-state index contributed by atoms with van der Waals surface area (Å²) >= 11 is 4.00. The Morgan fingerprint density at radius 1 is 0.923 bits per heavy atom. The molecule has 2 aromatic carbocycles. The van der Waals surface area contributed by atoms with Crippen LogP contribution in [0.25, 0.3) is 0 Å². The summed E-state index contributed by atoms with van der Waals surface area (Å²) in [6.45, 7) is 5.50. The number of aryl methyl sites for hydroxylation is 1. The van der Waals surface area contributed by atoms with E-state index in [0.29, 0.717) is 4.58 Å². The van der Waals surface area contributed by atoms with Crippen LogP contribution in [0.1, 0.15) is 26.1 Å². The van der Waals surface area contributed by atoms with Gasteiger partial charge in [0.05, 0.1) is 4.58 Å². The van der Waals surface area contributed by atoms with Gasteiger partial charge in [-0.05, 0) is 36.2 Å². The number of hydrogen-bond acceptors (Lipinski definition) is 4. The van der Waals surface area contributed by atoms with Crippen LogP contribution in [0.3, 0.4) is 0 Å². The highest BCUT2D eigenvalue weighted by Gasteiger charge is 2.24. The monoisotopic (exact) mass is 384 g/mol. The van der Waals surface area contributed by atoms with E-state index in [4.69, 9.17) is 0 Å². The van der Waals surface area contributed by atoms with Gasteiger partial charge in [0.25, 0.3) is 5.91 Å². The van der Waals surface area contributed by atoms with Crippen LogP contribution in [-0.4, -0.2) is 48.5 Å². The van der Waals surface area contributed by atoms with Crippen molar-refractivity contribution in [2.45, 2.75) is 11.5 Å². The van der Waals surface area contributed by atoms with Gasteiger partial charge in [0, 0.05) is 48.9 Å². The molecule has 0 aliphatic carbocycles. The summed E-state index contributed by atoms with van der Waals surface area (Å²) in [4.78, 5) is 17.2. The van der Waals surface area contributed by atoms with Crippen molar-refractivity contribution in [1.29, 1.82) is 0 Å². The molecule has 0 bridgehead atoms. The molecule has 2 heterocycles. The number of carbonyl (C=O) groups is 1. The second kappa shape index (κ2) is 7.97. The molecule has 2 saturated heterocycles.